The molecule has 0 aliphatic carbocycles. The summed E-state index contributed by atoms with van der Waals surface area (Å²) in [6, 6.07) is 2.28. The van der Waals surface area contributed by atoms with E-state index in [0.29, 0.717) is 5.92 Å². The van der Waals surface area contributed by atoms with Crippen LogP contribution in [0.1, 0.15) is 34.9 Å². The minimum absolute atomic E-state index is 0.685. The molecule has 0 atom stereocenters. The highest BCUT2D eigenvalue weighted by molar-refractivity contribution is 7.12. The summed E-state index contributed by atoms with van der Waals surface area (Å²) >= 11 is 7.91. The molecule has 2 rings (SSSR count). The molecule has 0 unspecified atom stereocenters. The molecule has 0 spiro atoms. The van der Waals surface area contributed by atoms with Crippen LogP contribution < -0.4 is 5.32 Å². The lowest BCUT2D eigenvalue weighted by Gasteiger charge is -2.05. The van der Waals surface area contributed by atoms with Gasteiger partial charge in [0.25, 0.3) is 0 Å². The molecule has 1 N–H and O–H groups in total. The standard InChI is InChI=1S/C15H22ClN3S/c1-10(2)6-17-7-14-5-13(12(4)20-14)9-19-11(3)15(16)8-18-19/h5,8,10,17H,6-7,9H2,1-4H3. The topological polar surface area (TPSA) is 29.9 Å². The number of hydrogen-bond acceptors (Lipinski definition) is 3. The van der Waals surface area contributed by atoms with Crippen LogP contribution in [-0.2, 0) is 13.1 Å². The Morgan fingerprint density at radius 2 is 2.15 bits per heavy atom. The van der Waals surface area contributed by atoms with E-state index in [1.807, 2.05) is 22.9 Å². The lowest BCUT2D eigenvalue weighted by molar-refractivity contribution is 0.554. The third-order valence-corrected chi connectivity index (χ3v) is 4.75. The van der Waals surface area contributed by atoms with Gasteiger partial charge in [-0.2, -0.15) is 5.10 Å². The lowest BCUT2D eigenvalue weighted by atomic mass is 10.2. The van der Waals surface area contributed by atoms with Crippen molar-refractivity contribution in [2.24, 2.45) is 5.92 Å². The van der Waals surface area contributed by atoms with E-state index in [1.165, 1.54) is 15.3 Å². The van der Waals surface area contributed by atoms with Crippen LogP contribution in [0.15, 0.2) is 12.3 Å². The minimum atomic E-state index is 0.685. The maximum atomic E-state index is 6.05. The summed E-state index contributed by atoms with van der Waals surface area (Å²) in [4.78, 5) is 2.74. The van der Waals surface area contributed by atoms with Crippen molar-refractivity contribution < 1.29 is 0 Å². The molecule has 5 heteroatoms. The van der Waals surface area contributed by atoms with Crippen LogP contribution >= 0.6 is 22.9 Å². The van der Waals surface area contributed by atoms with Crippen molar-refractivity contribution in [3.63, 3.8) is 0 Å². The number of aryl methyl sites for hydroxylation is 1. The number of hydrogen-bond donors (Lipinski definition) is 1. The molecule has 2 aromatic rings. The van der Waals surface area contributed by atoms with E-state index in [9.17, 15) is 0 Å². The average Bonchev–Trinajstić information content (AvgIpc) is 2.87. The number of nitrogens with zero attached hydrogens (tertiary/aromatic N) is 2. The average molecular weight is 312 g/mol. The number of halogens is 1. The summed E-state index contributed by atoms with van der Waals surface area (Å²) in [6.45, 7) is 11.4. The molecular weight excluding hydrogens is 290 g/mol. The van der Waals surface area contributed by atoms with Gasteiger partial charge in [-0.15, -0.1) is 11.3 Å². The van der Waals surface area contributed by atoms with Crippen molar-refractivity contribution >= 4 is 22.9 Å². The fourth-order valence-corrected chi connectivity index (χ4v) is 3.22. The Balaban J connectivity index is 2.02. The van der Waals surface area contributed by atoms with Crippen LogP contribution in [0.3, 0.4) is 0 Å². The van der Waals surface area contributed by atoms with E-state index in [1.54, 1.807) is 6.20 Å². The fraction of sp³-hybridized carbons (Fsp3) is 0.533. The summed E-state index contributed by atoms with van der Waals surface area (Å²) in [6.07, 6.45) is 1.71. The highest BCUT2D eigenvalue weighted by atomic mass is 35.5. The maximum absolute atomic E-state index is 6.05. The van der Waals surface area contributed by atoms with Crippen molar-refractivity contribution in [3.05, 3.63) is 38.3 Å². The van der Waals surface area contributed by atoms with Crippen molar-refractivity contribution in [1.29, 1.82) is 0 Å². The molecule has 2 heterocycles. The molecule has 110 valence electrons. The predicted molar refractivity (Wildman–Crippen MR) is 86.7 cm³/mol. The van der Waals surface area contributed by atoms with Gasteiger partial charge in [-0.3, -0.25) is 4.68 Å². The minimum Gasteiger partial charge on any atom is -0.312 e. The van der Waals surface area contributed by atoms with Crippen molar-refractivity contribution in [3.8, 4) is 0 Å². The highest BCUT2D eigenvalue weighted by Gasteiger charge is 2.09. The summed E-state index contributed by atoms with van der Waals surface area (Å²) in [5.74, 6) is 0.685. The van der Waals surface area contributed by atoms with E-state index in [4.69, 9.17) is 11.6 Å². The van der Waals surface area contributed by atoms with Gasteiger partial charge in [-0.1, -0.05) is 25.4 Å². The van der Waals surface area contributed by atoms with Crippen molar-refractivity contribution in [2.45, 2.75) is 40.8 Å². The first kappa shape index (κ1) is 15.5. The molecule has 0 radical (unpaired) electrons. The number of rotatable bonds is 6. The Kier molecular flexibility index (Phi) is 5.24. The second kappa shape index (κ2) is 6.74. The molecule has 3 nitrogen and oxygen atoms in total. The van der Waals surface area contributed by atoms with Crippen LogP contribution in [0.4, 0.5) is 0 Å². The second-order valence-corrected chi connectivity index (χ2v) is 7.30. The SMILES string of the molecule is Cc1sc(CNCC(C)C)cc1Cn1ncc(Cl)c1C. The summed E-state index contributed by atoms with van der Waals surface area (Å²) in [5.41, 5.74) is 2.36. The van der Waals surface area contributed by atoms with Crippen LogP contribution in [-0.4, -0.2) is 16.3 Å². The first-order chi connectivity index (χ1) is 9.47. The largest absolute Gasteiger partial charge is 0.312 e. The second-order valence-electron chi connectivity index (χ2n) is 5.55. The zero-order valence-electron chi connectivity index (χ0n) is 12.5. The zero-order chi connectivity index (χ0) is 14.7. The van der Waals surface area contributed by atoms with Gasteiger partial charge in [-0.25, -0.2) is 0 Å². The molecule has 0 bridgehead atoms. The van der Waals surface area contributed by atoms with Crippen LogP contribution in [0.25, 0.3) is 0 Å². The molecule has 0 saturated heterocycles. The Bertz CT molecular complexity index is 572. The monoisotopic (exact) mass is 311 g/mol. The maximum Gasteiger partial charge on any atom is 0.0815 e. The Morgan fingerprint density at radius 1 is 1.40 bits per heavy atom. The van der Waals surface area contributed by atoms with Gasteiger partial charge >= 0.3 is 0 Å². The zero-order valence-corrected chi connectivity index (χ0v) is 14.1. The number of aromatic nitrogens is 2. The first-order valence-electron chi connectivity index (χ1n) is 6.94. The number of nitrogens with one attached hydrogen (secondary N) is 1. The predicted octanol–water partition coefficient (Wildman–Crippen LogP) is 4.01. The molecule has 0 aliphatic heterocycles. The molecule has 0 fully saturated rings. The quantitative estimate of drug-likeness (QED) is 0.873. The Labute approximate surface area is 130 Å². The van der Waals surface area contributed by atoms with E-state index in [2.05, 4.69) is 37.3 Å². The Morgan fingerprint density at radius 3 is 2.75 bits per heavy atom. The fourth-order valence-electron chi connectivity index (χ4n) is 2.06. The summed E-state index contributed by atoms with van der Waals surface area (Å²) in [5, 5.41) is 8.54. The van der Waals surface area contributed by atoms with Crippen LogP contribution in [0.2, 0.25) is 5.02 Å². The van der Waals surface area contributed by atoms with Gasteiger partial charge in [0.05, 0.1) is 23.5 Å². The van der Waals surface area contributed by atoms with Gasteiger partial charge in [0.2, 0.25) is 0 Å². The van der Waals surface area contributed by atoms with Gasteiger partial charge in [0.1, 0.15) is 0 Å². The van der Waals surface area contributed by atoms with Gasteiger partial charge in [0, 0.05) is 16.3 Å². The van der Waals surface area contributed by atoms with Crippen molar-refractivity contribution in [2.75, 3.05) is 6.54 Å². The summed E-state index contributed by atoms with van der Waals surface area (Å²) in [7, 11) is 0. The van der Waals surface area contributed by atoms with E-state index < -0.39 is 0 Å². The van der Waals surface area contributed by atoms with Gasteiger partial charge < -0.3 is 5.32 Å². The van der Waals surface area contributed by atoms with E-state index in [-0.39, 0.29) is 0 Å². The smallest absolute Gasteiger partial charge is 0.0815 e. The lowest BCUT2D eigenvalue weighted by Crippen LogP contribution is -2.18. The highest BCUT2D eigenvalue weighted by Crippen LogP contribution is 2.23. The van der Waals surface area contributed by atoms with Gasteiger partial charge in [-0.05, 0) is 37.9 Å². The number of thiophene rings is 1. The molecule has 0 aromatic carbocycles. The van der Waals surface area contributed by atoms with E-state index >= 15 is 0 Å². The summed E-state index contributed by atoms with van der Waals surface area (Å²) < 4.78 is 1.96. The Hall–Kier alpha value is -0.840. The first-order valence-corrected chi connectivity index (χ1v) is 8.13. The van der Waals surface area contributed by atoms with Crippen LogP contribution in [0, 0.1) is 19.8 Å². The molecule has 20 heavy (non-hydrogen) atoms. The molecular formula is C15H22ClN3S. The van der Waals surface area contributed by atoms with Crippen molar-refractivity contribution in [1.82, 2.24) is 15.1 Å². The van der Waals surface area contributed by atoms with E-state index in [0.717, 1.165) is 30.4 Å². The normalized spacial score (nSPS) is 11.5. The third-order valence-electron chi connectivity index (χ3n) is 3.29. The molecule has 0 saturated carbocycles. The molecule has 0 amide bonds. The molecule has 0 aliphatic rings. The third kappa shape index (κ3) is 3.84. The van der Waals surface area contributed by atoms with Crippen LogP contribution in [0.5, 0.6) is 0 Å². The van der Waals surface area contributed by atoms with Gasteiger partial charge in [0.15, 0.2) is 0 Å². The molecule has 2 aromatic heterocycles.